The van der Waals surface area contributed by atoms with Crippen molar-refractivity contribution in [3.63, 3.8) is 0 Å². The maximum Gasteiger partial charge on any atom is 0.354 e. The first-order valence-corrected chi connectivity index (χ1v) is 3.34. The number of nitrogens with two attached hydrogens (primary N) is 1. The van der Waals surface area contributed by atoms with Crippen LogP contribution in [0.5, 0.6) is 0 Å². The molecule has 0 aromatic rings. The Bertz CT molecular complexity index is 209. The van der Waals surface area contributed by atoms with E-state index in [9.17, 15) is 9.59 Å². The number of methoxy groups -OCH3 is 1. The van der Waals surface area contributed by atoms with Crippen molar-refractivity contribution in [2.75, 3.05) is 13.7 Å². The lowest BCUT2D eigenvalue weighted by molar-refractivity contribution is -0.139. The highest BCUT2D eigenvalue weighted by atomic mass is 16.5. The normalized spacial score (nSPS) is 10.7. The second-order valence-electron chi connectivity index (χ2n) is 1.84. The molecular weight excluding hydrogens is 162 g/mol. The summed E-state index contributed by atoms with van der Waals surface area (Å²) in [5.41, 5.74) is 4.88. The lowest BCUT2D eigenvalue weighted by Crippen LogP contribution is -2.15. The zero-order valence-electron chi connectivity index (χ0n) is 6.99. The number of ether oxygens (including phenoxy) is 2. The predicted octanol–water partition coefficient (Wildman–Crippen LogP) is -0.435. The van der Waals surface area contributed by atoms with Crippen molar-refractivity contribution in [3.8, 4) is 0 Å². The van der Waals surface area contributed by atoms with Crippen molar-refractivity contribution in [3.05, 3.63) is 11.8 Å². The van der Waals surface area contributed by atoms with Crippen LogP contribution in [-0.2, 0) is 19.1 Å². The third-order valence-electron chi connectivity index (χ3n) is 0.981. The van der Waals surface area contributed by atoms with Gasteiger partial charge in [-0.25, -0.2) is 9.59 Å². The summed E-state index contributed by atoms with van der Waals surface area (Å²) in [5, 5.41) is 0. The summed E-state index contributed by atoms with van der Waals surface area (Å²) >= 11 is 0. The maximum absolute atomic E-state index is 10.7. The molecule has 0 radical (unpaired) electrons. The molecule has 0 heterocycles. The summed E-state index contributed by atoms with van der Waals surface area (Å²) in [5.74, 6) is -1.40. The molecule has 2 N–H and O–H groups in total. The highest BCUT2D eigenvalue weighted by molar-refractivity contribution is 5.95. The van der Waals surface area contributed by atoms with E-state index in [-0.39, 0.29) is 12.3 Å². The molecule has 0 rings (SSSR count). The Labute approximate surface area is 70.1 Å². The first kappa shape index (κ1) is 10.5. The maximum atomic E-state index is 10.7. The number of carbonyl (C=O) groups is 2. The van der Waals surface area contributed by atoms with Gasteiger partial charge < -0.3 is 15.2 Å². The average molecular weight is 173 g/mol. The van der Waals surface area contributed by atoms with Crippen LogP contribution in [-0.4, -0.2) is 25.7 Å². The fraction of sp³-hybridized carbons (Fsp3) is 0.429. The minimum Gasteiger partial charge on any atom is -0.464 e. The van der Waals surface area contributed by atoms with E-state index in [2.05, 4.69) is 9.47 Å². The van der Waals surface area contributed by atoms with E-state index in [1.807, 2.05) is 0 Å². The smallest absolute Gasteiger partial charge is 0.354 e. The van der Waals surface area contributed by atoms with Gasteiger partial charge in [0.05, 0.1) is 19.8 Å². The lowest BCUT2D eigenvalue weighted by Gasteiger charge is -1.98. The summed E-state index contributed by atoms with van der Waals surface area (Å²) in [4.78, 5) is 21.3. The van der Waals surface area contributed by atoms with Gasteiger partial charge in [-0.15, -0.1) is 0 Å². The van der Waals surface area contributed by atoms with Crippen LogP contribution in [0.4, 0.5) is 0 Å². The zero-order valence-corrected chi connectivity index (χ0v) is 6.99. The largest absolute Gasteiger partial charge is 0.464 e. The van der Waals surface area contributed by atoms with Gasteiger partial charge in [0.1, 0.15) is 5.70 Å². The second-order valence-corrected chi connectivity index (χ2v) is 1.84. The van der Waals surface area contributed by atoms with E-state index < -0.39 is 11.9 Å². The Morgan fingerprint density at radius 3 is 2.50 bits per heavy atom. The van der Waals surface area contributed by atoms with E-state index in [1.54, 1.807) is 6.92 Å². The molecule has 0 aliphatic heterocycles. The number of hydrogen-bond donors (Lipinski definition) is 1. The van der Waals surface area contributed by atoms with Gasteiger partial charge in [-0.2, -0.15) is 0 Å². The second kappa shape index (κ2) is 5.17. The van der Waals surface area contributed by atoms with Crippen LogP contribution in [0.3, 0.4) is 0 Å². The molecule has 0 amide bonds. The molecule has 0 spiro atoms. The molecule has 0 aliphatic rings. The molecule has 0 bridgehead atoms. The van der Waals surface area contributed by atoms with Crippen molar-refractivity contribution >= 4 is 11.9 Å². The van der Waals surface area contributed by atoms with Gasteiger partial charge in [-0.3, -0.25) is 0 Å². The highest BCUT2D eigenvalue weighted by Gasteiger charge is 2.06. The standard InChI is InChI=1S/C7H11NO4/c1-3-12-6(9)4-5(8)7(10)11-2/h4H,3,8H2,1-2H3/b5-4+. The van der Waals surface area contributed by atoms with Crippen LogP contribution in [0.15, 0.2) is 11.8 Å². The Balaban J connectivity index is 4.15. The van der Waals surface area contributed by atoms with Crippen LogP contribution < -0.4 is 5.73 Å². The van der Waals surface area contributed by atoms with E-state index in [0.717, 1.165) is 6.08 Å². The summed E-state index contributed by atoms with van der Waals surface area (Å²) in [7, 11) is 1.17. The molecule has 12 heavy (non-hydrogen) atoms. The molecule has 5 heteroatoms. The molecule has 0 saturated heterocycles. The highest BCUT2D eigenvalue weighted by Crippen LogP contribution is 1.89. The zero-order chi connectivity index (χ0) is 9.56. The summed E-state index contributed by atoms with van der Waals surface area (Å²) in [6.07, 6.45) is 0.884. The molecule has 0 aromatic carbocycles. The predicted molar refractivity (Wildman–Crippen MR) is 40.9 cm³/mol. The Kier molecular flexibility index (Phi) is 4.52. The fourth-order valence-electron chi connectivity index (χ4n) is 0.488. The Morgan fingerprint density at radius 2 is 2.08 bits per heavy atom. The monoisotopic (exact) mass is 173 g/mol. The van der Waals surface area contributed by atoms with Crippen molar-refractivity contribution < 1.29 is 19.1 Å². The molecule has 0 aromatic heterocycles. The van der Waals surface area contributed by atoms with Gasteiger partial charge in [0.2, 0.25) is 0 Å². The van der Waals surface area contributed by atoms with Crippen LogP contribution in [0.2, 0.25) is 0 Å². The van der Waals surface area contributed by atoms with Crippen molar-refractivity contribution in [2.45, 2.75) is 6.92 Å². The first-order valence-electron chi connectivity index (χ1n) is 3.34. The lowest BCUT2D eigenvalue weighted by atomic mass is 10.4. The van der Waals surface area contributed by atoms with Crippen LogP contribution in [0, 0.1) is 0 Å². The number of rotatable bonds is 3. The fourth-order valence-corrected chi connectivity index (χ4v) is 0.488. The minimum atomic E-state index is -0.747. The van der Waals surface area contributed by atoms with E-state index >= 15 is 0 Å². The number of hydrogen-bond acceptors (Lipinski definition) is 5. The van der Waals surface area contributed by atoms with Crippen LogP contribution in [0.1, 0.15) is 6.92 Å². The third kappa shape index (κ3) is 3.60. The van der Waals surface area contributed by atoms with Gasteiger partial charge in [0, 0.05) is 0 Å². The first-order chi connectivity index (χ1) is 5.61. The molecule has 5 nitrogen and oxygen atoms in total. The Hall–Kier alpha value is -1.52. The van der Waals surface area contributed by atoms with E-state index in [0.29, 0.717) is 0 Å². The average Bonchev–Trinajstić information content (AvgIpc) is 2.03. The third-order valence-corrected chi connectivity index (χ3v) is 0.981. The van der Waals surface area contributed by atoms with Crippen molar-refractivity contribution in [1.82, 2.24) is 0 Å². The van der Waals surface area contributed by atoms with Crippen molar-refractivity contribution in [2.24, 2.45) is 5.73 Å². The minimum absolute atomic E-state index is 0.240. The summed E-state index contributed by atoms with van der Waals surface area (Å²) in [6.45, 7) is 1.89. The molecule has 0 atom stereocenters. The van der Waals surface area contributed by atoms with Crippen LogP contribution in [0.25, 0.3) is 0 Å². The van der Waals surface area contributed by atoms with Gasteiger partial charge in [0.25, 0.3) is 0 Å². The molecule has 0 aliphatic carbocycles. The van der Waals surface area contributed by atoms with Gasteiger partial charge in [0.15, 0.2) is 0 Å². The molecule has 0 saturated carbocycles. The van der Waals surface area contributed by atoms with Gasteiger partial charge >= 0.3 is 11.9 Å². The van der Waals surface area contributed by atoms with Crippen LogP contribution >= 0.6 is 0 Å². The van der Waals surface area contributed by atoms with Crippen molar-refractivity contribution in [1.29, 1.82) is 0 Å². The van der Waals surface area contributed by atoms with Gasteiger partial charge in [-0.05, 0) is 6.92 Å². The Morgan fingerprint density at radius 1 is 1.50 bits per heavy atom. The molecule has 0 unspecified atom stereocenters. The molecule has 0 fully saturated rings. The van der Waals surface area contributed by atoms with E-state index in [1.165, 1.54) is 7.11 Å². The topological polar surface area (TPSA) is 78.6 Å². The summed E-state index contributed by atoms with van der Waals surface area (Å²) in [6, 6.07) is 0. The molecule has 68 valence electrons. The SMILES string of the molecule is CCOC(=O)/C=C(/N)C(=O)OC. The van der Waals surface area contributed by atoms with E-state index in [4.69, 9.17) is 5.73 Å². The number of carbonyl (C=O) groups excluding carboxylic acids is 2. The molecular formula is C7H11NO4. The van der Waals surface area contributed by atoms with Gasteiger partial charge in [-0.1, -0.05) is 0 Å². The quantitative estimate of drug-likeness (QED) is 0.462. The summed E-state index contributed by atoms with van der Waals surface area (Å²) < 4.78 is 8.76. The number of esters is 2.